The van der Waals surface area contributed by atoms with Crippen LogP contribution in [0.5, 0.6) is 0 Å². The van der Waals surface area contributed by atoms with Crippen molar-refractivity contribution in [2.45, 2.75) is 37.0 Å². The van der Waals surface area contributed by atoms with Gasteiger partial charge in [-0.15, -0.1) is 11.8 Å². The van der Waals surface area contributed by atoms with Gasteiger partial charge in [-0.05, 0) is 37.0 Å². The fourth-order valence-electron chi connectivity index (χ4n) is 3.49. The third-order valence-corrected chi connectivity index (χ3v) is 6.20. The summed E-state index contributed by atoms with van der Waals surface area (Å²) in [6.45, 7) is 0.730. The second-order valence-electron chi connectivity index (χ2n) is 6.14. The van der Waals surface area contributed by atoms with Crippen LogP contribution in [0.25, 0.3) is 0 Å². The minimum Gasteiger partial charge on any atom is -0.294 e. The number of carbonyl (C=O) groups excluding carboxylic acids is 2. The highest BCUT2D eigenvalue weighted by Crippen LogP contribution is 2.39. The summed E-state index contributed by atoms with van der Waals surface area (Å²) in [7, 11) is 0. The fraction of sp³-hybridized carbons (Fsp3) is 0.389. The van der Waals surface area contributed by atoms with E-state index in [0.29, 0.717) is 23.4 Å². The lowest BCUT2D eigenvalue weighted by atomic mass is 9.88. The number of hydrogen-bond donors (Lipinski definition) is 0. The van der Waals surface area contributed by atoms with E-state index in [-0.39, 0.29) is 17.1 Å². The molecule has 0 radical (unpaired) electrons. The van der Waals surface area contributed by atoms with Gasteiger partial charge in [-0.2, -0.15) is 5.10 Å². The Labute approximate surface area is 149 Å². The van der Waals surface area contributed by atoms with E-state index in [1.54, 1.807) is 22.8 Å². The van der Waals surface area contributed by atoms with E-state index in [1.807, 2.05) is 12.3 Å². The van der Waals surface area contributed by atoms with Gasteiger partial charge in [-0.25, -0.2) is 0 Å². The molecule has 0 atom stereocenters. The van der Waals surface area contributed by atoms with E-state index in [9.17, 15) is 9.59 Å². The van der Waals surface area contributed by atoms with Crippen molar-refractivity contribution < 1.29 is 9.59 Å². The summed E-state index contributed by atoms with van der Waals surface area (Å²) in [5.74, 6) is 0.651. The van der Waals surface area contributed by atoms with E-state index >= 15 is 0 Å². The predicted octanol–water partition coefficient (Wildman–Crippen LogP) is 3.87. The van der Waals surface area contributed by atoms with E-state index in [2.05, 4.69) is 5.10 Å². The van der Waals surface area contributed by atoms with E-state index in [1.165, 1.54) is 0 Å². The Morgan fingerprint density at radius 3 is 2.92 bits per heavy atom. The summed E-state index contributed by atoms with van der Waals surface area (Å²) in [6.07, 6.45) is 5.44. The Morgan fingerprint density at radius 2 is 2.12 bits per heavy atom. The molecule has 124 valence electrons. The first-order valence-electron chi connectivity index (χ1n) is 8.22. The number of hydrogen-bond acceptors (Lipinski definition) is 5. The monoisotopic (exact) mass is 360 g/mol. The first kappa shape index (κ1) is 15.9. The van der Waals surface area contributed by atoms with Crippen molar-refractivity contribution in [1.82, 2.24) is 5.01 Å². The van der Waals surface area contributed by atoms with Gasteiger partial charge in [-0.1, -0.05) is 11.6 Å². The van der Waals surface area contributed by atoms with Gasteiger partial charge < -0.3 is 0 Å². The molecule has 24 heavy (non-hydrogen) atoms. The van der Waals surface area contributed by atoms with Crippen LogP contribution in [0.4, 0.5) is 0 Å². The summed E-state index contributed by atoms with van der Waals surface area (Å²) < 4.78 is 0. The molecular weight excluding hydrogens is 344 g/mol. The molecule has 0 bridgehead atoms. The molecule has 4 rings (SSSR count). The van der Waals surface area contributed by atoms with Crippen molar-refractivity contribution in [1.29, 1.82) is 0 Å². The molecule has 0 spiro atoms. The van der Waals surface area contributed by atoms with Crippen molar-refractivity contribution >= 4 is 41.1 Å². The molecule has 3 aliphatic rings. The van der Waals surface area contributed by atoms with E-state index in [4.69, 9.17) is 11.6 Å². The molecule has 0 N–H and O–H groups in total. The third-order valence-electron chi connectivity index (χ3n) is 4.67. The Balaban J connectivity index is 1.79. The SMILES string of the molecule is O=C1CCCC(N2CCC=N2)=C1C(=O)c1ccc2c(c1Cl)CCS2. The first-order valence-corrected chi connectivity index (χ1v) is 9.58. The lowest BCUT2D eigenvalue weighted by molar-refractivity contribution is -0.115. The molecule has 1 aliphatic carbocycles. The average molecular weight is 361 g/mol. The standard InChI is InChI=1S/C18H17ClN2O2S/c19-17-11-7-10-24-15(11)6-5-12(17)18(23)16-13(3-1-4-14(16)22)21-9-2-8-20-21/h5-6,8H,1-4,7,9-10H2. The second-order valence-corrected chi connectivity index (χ2v) is 7.65. The molecule has 6 heteroatoms. The number of allylic oxidation sites excluding steroid dienone is 2. The quantitative estimate of drug-likeness (QED) is 0.606. The maximum Gasteiger partial charge on any atom is 0.199 e. The number of fused-ring (bicyclic) bond motifs is 1. The van der Waals surface area contributed by atoms with Gasteiger partial charge in [-0.3, -0.25) is 14.6 Å². The van der Waals surface area contributed by atoms with Crippen LogP contribution in [0.15, 0.2) is 33.4 Å². The lowest BCUT2D eigenvalue weighted by Gasteiger charge is -2.25. The van der Waals surface area contributed by atoms with Crippen molar-refractivity contribution in [2.75, 3.05) is 12.3 Å². The molecule has 1 aromatic carbocycles. The van der Waals surface area contributed by atoms with Gasteiger partial charge in [0.1, 0.15) is 0 Å². The molecule has 2 heterocycles. The molecule has 2 aliphatic heterocycles. The second kappa shape index (κ2) is 6.37. The Hall–Kier alpha value is -1.59. The highest BCUT2D eigenvalue weighted by atomic mass is 35.5. The fourth-order valence-corrected chi connectivity index (χ4v) is 4.96. The summed E-state index contributed by atoms with van der Waals surface area (Å²) in [5.41, 5.74) is 2.53. The molecular formula is C18H17ClN2O2S. The topological polar surface area (TPSA) is 49.7 Å². The molecule has 0 fully saturated rings. The number of ketones is 2. The summed E-state index contributed by atoms with van der Waals surface area (Å²) >= 11 is 8.27. The molecule has 0 saturated carbocycles. The molecule has 0 unspecified atom stereocenters. The maximum atomic E-state index is 13.1. The van der Waals surface area contributed by atoms with Crippen molar-refractivity contribution in [3.63, 3.8) is 0 Å². The normalized spacial score (nSPS) is 20.0. The zero-order valence-corrected chi connectivity index (χ0v) is 14.8. The van der Waals surface area contributed by atoms with Gasteiger partial charge in [0.05, 0.1) is 16.3 Å². The van der Waals surface area contributed by atoms with Crippen LogP contribution in [0.2, 0.25) is 5.02 Å². The van der Waals surface area contributed by atoms with Gasteiger partial charge in [0.25, 0.3) is 0 Å². The Bertz CT molecular complexity index is 800. The predicted molar refractivity (Wildman–Crippen MR) is 95.9 cm³/mol. The number of nitrogens with zero attached hydrogens (tertiary/aromatic N) is 2. The number of benzene rings is 1. The number of carbonyl (C=O) groups is 2. The van der Waals surface area contributed by atoms with Crippen LogP contribution in [0.3, 0.4) is 0 Å². The van der Waals surface area contributed by atoms with Gasteiger partial charge in [0.2, 0.25) is 0 Å². The smallest absolute Gasteiger partial charge is 0.199 e. The van der Waals surface area contributed by atoms with Gasteiger partial charge in [0.15, 0.2) is 11.6 Å². The summed E-state index contributed by atoms with van der Waals surface area (Å²) in [4.78, 5) is 26.8. The number of Topliss-reactive ketones (excluding diaryl/α,β-unsaturated/α-hetero) is 2. The zero-order chi connectivity index (χ0) is 16.7. The Kier molecular flexibility index (Phi) is 4.22. The van der Waals surface area contributed by atoms with E-state index < -0.39 is 0 Å². The van der Waals surface area contributed by atoms with Crippen molar-refractivity contribution in [3.05, 3.63) is 39.6 Å². The van der Waals surface area contributed by atoms with Crippen LogP contribution in [0, 0.1) is 0 Å². The number of thioether (sulfide) groups is 1. The van der Waals surface area contributed by atoms with Crippen molar-refractivity contribution in [2.24, 2.45) is 5.10 Å². The minimum atomic E-state index is -0.249. The van der Waals surface area contributed by atoms with Gasteiger partial charge in [0, 0.05) is 41.8 Å². The van der Waals surface area contributed by atoms with Crippen LogP contribution in [0.1, 0.15) is 41.6 Å². The lowest BCUT2D eigenvalue weighted by Crippen LogP contribution is -2.27. The van der Waals surface area contributed by atoms with Crippen LogP contribution in [-0.4, -0.2) is 35.1 Å². The Morgan fingerprint density at radius 1 is 1.25 bits per heavy atom. The largest absolute Gasteiger partial charge is 0.294 e. The van der Waals surface area contributed by atoms with Crippen LogP contribution >= 0.6 is 23.4 Å². The number of rotatable bonds is 3. The van der Waals surface area contributed by atoms with Crippen LogP contribution < -0.4 is 0 Å². The van der Waals surface area contributed by atoms with Crippen LogP contribution in [-0.2, 0) is 11.2 Å². The summed E-state index contributed by atoms with van der Waals surface area (Å²) in [6, 6.07) is 3.72. The molecule has 0 aromatic heterocycles. The van der Waals surface area contributed by atoms with Gasteiger partial charge >= 0.3 is 0 Å². The summed E-state index contributed by atoms with van der Waals surface area (Å²) in [5, 5.41) is 6.63. The highest BCUT2D eigenvalue weighted by molar-refractivity contribution is 7.99. The highest BCUT2D eigenvalue weighted by Gasteiger charge is 2.32. The molecule has 0 amide bonds. The molecule has 4 nitrogen and oxygen atoms in total. The minimum absolute atomic E-state index is 0.0886. The number of hydrazone groups is 1. The van der Waals surface area contributed by atoms with Crippen molar-refractivity contribution in [3.8, 4) is 0 Å². The van der Waals surface area contributed by atoms with E-state index in [0.717, 1.165) is 47.7 Å². The molecule has 0 saturated heterocycles. The maximum absolute atomic E-state index is 13.1. The average Bonchev–Trinajstić information content (AvgIpc) is 3.26. The first-order chi connectivity index (χ1) is 11.7. The molecule has 1 aromatic rings. The number of halogens is 1. The zero-order valence-electron chi connectivity index (χ0n) is 13.2. The third kappa shape index (κ3) is 2.60.